The molecule has 2 aliphatic carbocycles. The lowest BCUT2D eigenvalue weighted by molar-refractivity contribution is 0.281. The molecular weight excluding hydrogens is 1090 g/mol. The lowest BCUT2D eigenvalue weighted by atomic mass is 9.77. The third-order valence-electron chi connectivity index (χ3n) is 13.6. The van der Waals surface area contributed by atoms with Gasteiger partial charge >= 0.3 is 24.1 Å². The maximum Gasteiger partial charge on any atom is 0.331 e. The fraction of sp³-hybridized carbons (Fsp3) is 0.121. The van der Waals surface area contributed by atoms with Gasteiger partial charge in [0.1, 0.15) is 34.5 Å². The van der Waals surface area contributed by atoms with Crippen LogP contribution in [0.3, 0.4) is 0 Å². The molecule has 78 heavy (non-hydrogen) atoms. The Labute approximate surface area is 463 Å². The van der Waals surface area contributed by atoms with Gasteiger partial charge in [0.05, 0.1) is 20.7 Å². The Bertz CT molecular complexity index is 3560. The minimum Gasteiger partial charge on any atom is -0.434 e. The molecule has 0 radical (unpaired) electrons. The largest absolute Gasteiger partial charge is 0.434 e. The standard InChI is InChI=1S/C66H52IN5O6/c1-5-13-45(14-6-1)49-21-33-55(34-22-49)73-61-67-62(69-63(68-61)75-57-37-25-50(26-38-57)46-15-7-2-8-16-46)74-56-35-23-53(24-36-56)54-31-43-60(44-32-54)78-66-71-64(76-58-39-27-51(28-40-58)47-17-9-3-10-18-47)70-65(72-66)77-59-41-29-52(30-42-59)48-19-11-4-12-20-48/h1-3,5-10,13-18,21-29,31-44,48,52H,4,11-12,19-20,30H2. The molecule has 8 aromatic carbocycles. The number of aromatic nitrogens is 3. The quantitative estimate of drug-likeness (QED) is 0.0925. The van der Waals surface area contributed by atoms with Crippen LogP contribution in [0.4, 0.5) is 0 Å². The molecule has 11 nitrogen and oxygen atoms in total. The van der Waals surface area contributed by atoms with Gasteiger partial charge in [0.25, 0.3) is 7.72 Å². The van der Waals surface area contributed by atoms with E-state index >= 15 is 0 Å². The van der Waals surface area contributed by atoms with Crippen LogP contribution in [0.25, 0.3) is 44.5 Å². The van der Waals surface area contributed by atoms with Crippen LogP contribution in [0.2, 0.25) is 0 Å². The number of rotatable bonds is 15. The first-order valence-corrected chi connectivity index (χ1v) is 28.3. The van der Waals surface area contributed by atoms with E-state index in [1.807, 2.05) is 182 Å². The van der Waals surface area contributed by atoms with E-state index in [0.717, 1.165) is 50.9 Å². The highest BCUT2D eigenvalue weighted by atomic mass is 127. The number of aliphatic imine (C=N–C) groups is 2. The van der Waals surface area contributed by atoms with Gasteiger partial charge in [0.2, 0.25) is 0 Å². The second-order valence-electron chi connectivity index (χ2n) is 18.9. The average Bonchev–Trinajstić information content (AvgIpc) is 3.50. The van der Waals surface area contributed by atoms with Crippen molar-refractivity contribution in [1.29, 1.82) is 0 Å². The number of amidine groups is 1. The topological polar surface area (TPSA) is 119 Å². The second kappa shape index (κ2) is 23.9. The molecule has 1 aliphatic heterocycles. The van der Waals surface area contributed by atoms with Crippen molar-refractivity contribution in [3.8, 4) is 91.3 Å². The fourth-order valence-electron chi connectivity index (χ4n) is 9.56. The maximum absolute atomic E-state index is 6.45. The Hall–Kier alpha value is -9.01. The van der Waals surface area contributed by atoms with Crippen LogP contribution in [0, 0.1) is 11.8 Å². The van der Waals surface area contributed by atoms with E-state index in [-0.39, 0.29) is 24.1 Å². The normalized spacial score (nSPS) is 15.3. The van der Waals surface area contributed by atoms with Crippen molar-refractivity contribution in [2.75, 3.05) is 0 Å². The van der Waals surface area contributed by atoms with Gasteiger partial charge < -0.3 is 28.4 Å². The van der Waals surface area contributed by atoms with E-state index in [1.165, 1.54) is 32.1 Å². The lowest BCUT2D eigenvalue weighted by Gasteiger charge is -2.29. The van der Waals surface area contributed by atoms with Gasteiger partial charge in [-0.15, -0.1) is 15.0 Å². The van der Waals surface area contributed by atoms with Gasteiger partial charge in [-0.05, 0) is 148 Å². The first-order valence-electron chi connectivity index (χ1n) is 26.1. The molecule has 1 unspecified atom stereocenters. The number of ether oxygens (including phenoxy) is 6. The van der Waals surface area contributed by atoms with Gasteiger partial charge in [-0.3, -0.25) is 0 Å². The molecule has 1 saturated carbocycles. The molecule has 0 spiro atoms. The van der Waals surface area contributed by atoms with Crippen LogP contribution < -0.4 is 28.4 Å². The van der Waals surface area contributed by atoms with E-state index in [1.54, 1.807) is 0 Å². The number of nitrogens with zero attached hydrogens (tertiary/aromatic N) is 5. The fourth-order valence-corrected chi connectivity index (χ4v) is 11.3. The van der Waals surface area contributed by atoms with Crippen molar-refractivity contribution in [3.05, 3.63) is 236 Å². The first kappa shape index (κ1) is 49.8. The van der Waals surface area contributed by atoms with E-state index in [2.05, 4.69) is 63.5 Å². The average molecular weight is 1140 g/mol. The molecule has 1 atom stereocenters. The van der Waals surface area contributed by atoms with E-state index in [0.29, 0.717) is 54.1 Å². The highest BCUT2D eigenvalue weighted by Crippen LogP contribution is 2.36. The number of halogens is 1. The molecule has 0 N–H and O–H groups in total. The smallest absolute Gasteiger partial charge is 0.331 e. The molecule has 1 fully saturated rings. The van der Waals surface area contributed by atoms with Crippen molar-refractivity contribution in [3.63, 3.8) is 0 Å². The molecule has 1 aromatic heterocycles. The van der Waals surface area contributed by atoms with Gasteiger partial charge in [-0.1, -0.05) is 177 Å². The highest BCUT2D eigenvalue weighted by Gasteiger charge is 2.24. The molecule has 2 heterocycles. The van der Waals surface area contributed by atoms with Crippen molar-refractivity contribution >= 4 is 34.5 Å². The zero-order valence-corrected chi connectivity index (χ0v) is 44.6. The molecular formula is C66H52IN5O6. The van der Waals surface area contributed by atoms with Gasteiger partial charge in [-0.2, -0.15) is 9.98 Å². The SMILES string of the molecule is C1=CC(C2CCCCC2)CC=C1Oc1nc(Oc2ccc(-c3ccccc3)cc2)nc(Oc2ccc(-c3ccc(OC4=IC(Oc5ccc(-c6ccccc6)cc5)=NC(Oc5ccc(-c6ccccc6)cc5)=N4)cc3)cc2)n1. The zero-order valence-electron chi connectivity index (χ0n) is 42.4. The third kappa shape index (κ3) is 12.8. The van der Waals surface area contributed by atoms with Crippen LogP contribution in [0.1, 0.15) is 38.5 Å². The highest BCUT2D eigenvalue weighted by molar-refractivity contribution is 14.2. The monoisotopic (exact) mass is 1140 g/mol. The molecule has 0 amide bonds. The predicted octanol–water partition coefficient (Wildman–Crippen LogP) is 16.9. The summed E-state index contributed by atoms with van der Waals surface area (Å²) in [6, 6.07) is 70.0. The van der Waals surface area contributed by atoms with E-state index < -0.39 is 20.7 Å². The Balaban J connectivity index is 0.738. The number of hydrogen-bond acceptors (Lipinski definition) is 11. The van der Waals surface area contributed by atoms with Gasteiger partial charge in [0, 0.05) is 0 Å². The van der Waals surface area contributed by atoms with Crippen molar-refractivity contribution in [2.45, 2.75) is 38.5 Å². The van der Waals surface area contributed by atoms with Crippen LogP contribution >= 0.6 is 20.7 Å². The van der Waals surface area contributed by atoms with Crippen molar-refractivity contribution < 1.29 is 28.4 Å². The molecule has 12 heteroatoms. The summed E-state index contributed by atoms with van der Waals surface area (Å²) in [5, 5.41) is 0. The summed E-state index contributed by atoms with van der Waals surface area (Å²) in [5.41, 5.74) is 8.51. The Kier molecular flexibility index (Phi) is 15.3. The van der Waals surface area contributed by atoms with Gasteiger partial charge in [-0.25, -0.2) is 0 Å². The van der Waals surface area contributed by atoms with Gasteiger partial charge in [0.15, 0.2) is 0 Å². The van der Waals surface area contributed by atoms with Crippen LogP contribution in [0.5, 0.6) is 46.8 Å². The summed E-state index contributed by atoms with van der Waals surface area (Å²) in [6.45, 7) is 0. The number of hydrogen-bond donors (Lipinski definition) is 0. The van der Waals surface area contributed by atoms with E-state index in [9.17, 15) is 0 Å². The predicted molar refractivity (Wildman–Crippen MR) is 316 cm³/mol. The summed E-state index contributed by atoms with van der Waals surface area (Å²) in [7, 11) is 0. The molecule has 0 saturated heterocycles. The Morgan fingerprint density at radius 2 is 0.744 bits per heavy atom. The molecule has 3 aliphatic rings. The minimum absolute atomic E-state index is 0.0328. The lowest BCUT2D eigenvalue weighted by Crippen LogP contribution is -2.19. The molecule has 9 aromatic rings. The second-order valence-corrected chi connectivity index (χ2v) is 21.3. The summed E-state index contributed by atoms with van der Waals surface area (Å²) >= 11 is -1.07. The van der Waals surface area contributed by atoms with Crippen LogP contribution in [-0.2, 0) is 0 Å². The minimum atomic E-state index is -1.07. The first-order chi connectivity index (χ1) is 38.5. The summed E-state index contributed by atoms with van der Waals surface area (Å²) < 4.78 is 38.8. The van der Waals surface area contributed by atoms with Crippen LogP contribution in [-0.4, -0.2) is 28.7 Å². The molecule has 12 rings (SSSR count). The van der Waals surface area contributed by atoms with E-state index in [4.69, 9.17) is 38.4 Å². The Morgan fingerprint density at radius 3 is 1.17 bits per heavy atom. The summed E-state index contributed by atoms with van der Waals surface area (Å²) in [6.07, 6.45) is 13.9. The molecule has 384 valence electrons. The maximum atomic E-state index is 6.45. The Morgan fingerprint density at radius 1 is 0.359 bits per heavy atom. The number of benzene rings is 8. The van der Waals surface area contributed by atoms with Crippen molar-refractivity contribution in [2.24, 2.45) is 21.8 Å². The third-order valence-corrected chi connectivity index (χ3v) is 15.5. The summed E-state index contributed by atoms with van der Waals surface area (Å²) in [5.74, 6) is 4.85. The van der Waals surface area contributed by atoms with Crippen molar-refractivity contribution in [1.82, 2.24) is 15.0 Å². The van der Waals surface area contributed by atoms with Crippen LogP contribution in [0.15, 0.2) is 246 Å². The zero-order chi connectivity index (χ0) is 52.3. The molecule has 0 bridgehead atoms. The summed E-state index contributed by atoms with van der Waals surface area (Å²) in [4.78, 5) is 23.1. The number of allylic oxidation sites excluding steroid dienone is 3.